The zero-order valence-electron chi connectivity index (χ0n) is 16.0. The van der Waals surface area contributed by atoms with Crippen LogP contribution in [0.3, 0.4) is 0 Å². The van der Waals surface area contributed by atoms with Gasteiger partial charge in [0.2, 0.25) is 0 Å². The van der Waals surface area contributed by atoms with Crippen molar-refractivity contribution in [2.75, 3.05) is 4.90 Å². The van der Waals surface area contributed by atoms with E-state index in [2.05, 4.69) is 0 Å². The first kappa shape index (κ1) is 19.9. The number of hydrogen-bond donors (Lipinski definition) is 2. The highest BCUT2D eigenvalue weighted by Gasteiger charge is 2.24. The minimum atomic E-state index is -4.73. The van der Waals surface area contributed by atoms with Gasteiger partial charge in [0, 0.05) is 11.3 Å². The number of rotatable bonds is 6. The Hall–Kier alpha value is -3.37. The number of nitrogens with zero attached hydrogens (tertiary/aromatic N) is 1. The number of para-hydroxylation sites is 4. The fraction of sp³-hybridized carbons (Fsp3) is 0. The summed E-state index contributed by atoms with van der Waals surface area (Å²) in [7, 11) is -4.73. The summed E-state index contributed by atoms with van der Waals surface area (Å²) in [4.78, 5) is 20.8. The van der Waals surface area contributed by atoms with Gasteiger partial charge in [-0.1, -0.05) is 78.9 Å². The molecule has 0 heterocycles. The van der Waals surface area contributed by atoms with Crippen LogP contribution in [0.2, 0.25) is 0 Å². The number of phosphoric ester groups is 1. The van der Waals surface area contributed by atoms with Crippen LogP contribution in [0.25, 0.3) is 11.1 Å². The Morgan fingerprint density at radius 2 is 1.17 bits per heavy atom. The third-order valence-corrected chi connectivity index (χ3v) is 5.00. The predicted molar refractivity (Wildman–Crippen MR) is 119 cm³/mol. The minimum absolute atomic E-state index is 0.0950. The molecule has 30 heavy (non-hydrogen) atoms. The highest BCUT2D eigenvalue weighted by molar-refractivity contribution is 7.46. The summed E-state index contributed by atoms with van der Waals surface area (Å²) in [6, 6.07) is 34.3. The molecule has 6 heteroatoms. The normalized spacial score (nSPS) is 11.1. The highest BCUT2D eigenvalue weighted by atomic mass is 31.2. The molecule has 0 aliphatic carbocycles. The van der Waals surface area contributed by atoms with Gasteiger partial charge in [-0.3, -0.25) is 9.79 Å². The lowest BCUT2D eigenvalue weighted by Gasteiger charge is -2.29. The van der Waals surface area contributed by atoms with Gasteiger partial charge in [-0.15, -0.1) is 0 Å². The number of phosphoric acid groups is 1. The zero-order chi connectivity index (χ0) is 21.0. The maximum atomic E-state index is 11.6. The van der Waals surface area contributed by atoms with Crippen LogP contribution in [0, 0.1) is 0 Å². The molecule has 4 rings (SSSR count). The van der Waals surface area contributed by atoms with Crippen LogP contribution < -0.4 is 9.42 Å². The Morgan fingerprint density at radius 1 is 0.633 bits per heavy atom. The van der Waals surface area contributed by atoms with Crippen LogP contribution in [0.15, 0.2) is 109 Å². The standard InChI is InChI=1S/C24H20NO4P/c26-30(27,28)29-24-18-10-9-17-23(24)25(20-13-5-2-6-14-20)22-16-8-7-15-21(22)19-11-3-1-4-12-19/h1-18H,(H2,26,27,28). The first-order valence-corrected chi connectivity index (χ1v) is 10.9. The third kappa shape index (κ3) is 4.44. The summed E-state index contributed by atoms with van der Waals surface area (Å²) in [6.07, 6.45) is 0. The Kier molecular flexibility index (Phi) is 5.68. The van der Waals surface area contributed by atoms with Crippen LogP contribution in [-0.2, 0) is 4.57 Å². The van der Waals surface area contributed by atoms with E-state index in [-0.39, 0.29) is 5.75 Å². The van der Waals surface area contributed by atoms with Gasteiger partial charge in [-0.05, 0) is 35.9 Å². The predicted octanol–water partition coefficient (Wildman–Crippen LogP) is 6.29. The molecule has 0 aliphatic heterocycles. The Bertz CT molecular complexity index is 1180. The largest absolute Gasteiger partial charge is 0.524 e. The molecule has 0 aromatic heterocycles. The van der Waals surface area contributed by atoms with Gasteiger partial charge in [0.15, 0.2) is 5.75 Å². The molecule has 0 aliphatic rings. The number of benzene rings is 4. The van der Waals surface area contributed by atoms with Crippen molar-refractivity contribution in [1.82, 2.24) is 0 Å². The van der Waals surface area contributed by atoms with Crippen LogP contribution in [0.1, 0.15) is 0 Å². The second-order valence-corrected chi connectivity index (χ2v) is 7.77. The number of hydrogen-bond acceptors (Lipinski definition) is 3. The average Bonchev–Trinajstić information content (AvgIpc) is 2.76. The molecule has 0 unspecified atom stereocenters. The molecule has 0 atom stereocenters. The summed E-state index contributed by atoms with van der Waals surface area (Å²) in [6.45, 7) is 0. The second kappa shape index (κ2) is 8.56. The van der Waals surface area contributed by atoms with Crippen molar-refractivity contribution in [2.45, 2.75) is 0 Å². The van der Waals surface area contributed by atoms with E-state index in [1.54, 1.807) is 18.2 Å². The second-order valence-electron chi connectivity index (χ2n) is 6.60. The van der Waals surface area contributed by atoms with Crippen LogP contribution >= 0.6 is 7.82 Å². The van der Waals surface area contributed by atoms with E-state index in [0.717, 1.165) is 22.5 Å². The zero-order valence-corrected chi connectivity index (χ0v) is 16.9. The lowest BCUT2D eigenvalue weighted by atomic mass is 10.0. The molecule has 2 N–H and O–H groups in total. The molecule has 0 saturated carbocycles. The van der Waals surface area contributed by atoms with E-state index < -0.39 is 7.82 Å². The molecule has 0 radical (unpaired) electrons. The molecule has 0 amide bonds. The van der Waals surface area contributed by atoms with Crippen molar-refractivity contribution < 1.29 is 18.9 Å². The van der Waals surface area contributed by atoms with Crippen LogP contribution in [-0.4, -0.2) is 9.79 Å². The molecule has 4 aromatic rings. The fourth-order valence-corrected chi connectivity index (χ4v) is 3.77. The van der Waals surface area contributed by atoms with Crippen molar-refractivity contribution in [1.29, 1.82) is 0 Å². The summed E-state index contributed by atoms with van der Waals surface area (Å²) in [5, 5.41) is 0. The van der Waals surface area contributed by atoms with Gasteiger partial charge in [0.1, 0.15) is 0 Å². The fourth-order valence-electron chi connectivity index (χ4n) is 3.36. The SMILES string of the molecule is O=P(O)(O)Oc1ccccc1N(c1ccccc1)c1ccccc1-c1ccccc1. The third-order valence-electron chi connectivity index (χ3n) is 4.57. The first-order chi connectivity index (χ1) is 14.5. The van der Waals surface area contributed by atoms with Crippen molar-refractivity contribution >= 4 is 24.9 Å². The van der Waals surface area contributed by atoms with Crippen molar-refractivity contribution in [2.24, 2.45) is 0 Å². The van der Waals surface area contributed by atoms with E-state index in [1.165, 1.54) is 0 Å². The molecule has 4 aromatic carbocycles. The molecule has 0 spiro atoms. The average molecular weight is 417 g/mol. The monoisotopic (exact) mass is 417 g/mol. The molecule has 0 saturated heterocycles. The highest BCUT2D eigenvalue weighted by Crippen LogP contribution is 2.47. The van der Waals surface area contributed by atoms with Gasteiger partial charge >= 0.3 is 7.82 Å². The van der Waals surface area contributed by atoms with Crippen molar-refractivity contribution in [3.8, 4) is 16.9 Å². The lowest BCUT2D eigenvalue weighted by molar-refractivity contribution is 0.283. The Balaban J connectivity index is 1.95. The van der Waals surface area contributed by atoms with E-state index in [1.807, 2.05) is 95.9 Å². The summed E-state index contributed by atoms with van der Waals surface area (Å²) in [5.41, 5.74) is 4.23. The van der Waals surface area contributed by atoms with E-state index in [0.29, 0.717) is 5.69 Å². The van der Waals surface area contributed by atoms with Crippen LogP contribution in [0.5, 0.6) is 5.75 Å². The van der Waals surface area contributed by atoms with Crippen LogP contribution in [0.4, 0.5) is 17.1 Å². The quantitative estimate of drug-likeness (QED) is 0.361. The maximum Gasteiger partial charge on any atom is 0.524 e. The Labute approximate surface area is 175 Å². The van der Waals surface area contributed by atoms with Gasteiger partial charge in [0.25, 0.3) is 0 Å². The minimum Gasteiger partial charge on any atom is -0.402 e. The molecule has 0 bridgehead atoms. The maximum absolute atomic E-state index is 11.6. The van der Waals surface area contributed by atoms with E-state index >= 15 is 0 Å². The van der Waals surface area contributed by atoms with Gasteiger partial charge in [-0.2, -0.15) is 0 Å². The molecular weight excluding hydrogens is 397 g/mol. The molecule has 0 fully saturated rings. The smallest absolute Gasteiger partial charge is 0.402 e. The number of anilines is 3. The van der Waals surface area contributed by atoms with Crippen molar-refractivity contribution in [3.63, 3.8) is 0 Å². The molecule has 5 nitrogen and oxygen atoms in total. The Morgan fingerprint density at radius 3 is 1.83 bits per heavy atom. The topological polar surface area (TPSA) is 70.0 Å². The van der Waals surface area contributed by atoms with E-state index in [4.69, 9.17) is 4.52 Å². The summed E-state index contributed by atoms with van der Waals surface area (Å²) >= 11 is 0. The van der Waals surface area contributed by atoms with E-state index in [9.17, 15) is 14.4 Å². The molecule has 150 valence electrons. The first-order valence-electron chi connectivity index (χ1n) is 9.37. The summed E-state index contributed by atoms with van der Waals surface area (Å²) in [5.74, 6) is 0.0950. The lowest BCUT2D eigenvalue weighted by Crippen LogP contribution is -2.12. The summed E-state index contributed by atoms with van der Waals surface area (Å²) < 4.78 is 16.6. The molecular formula is C24H20NO4P. The van der Waals surface area contributed by atoms with Gasteiger partial charge in [0.05, 0.1) is 11.4 Å². The van der Waals surface area contributed by atoms with Gasteiger partial charge < -0.3 is 9.42 Å². The van der Waals surface area contributed by atoms with Crippen molar-refractivity contribution in [3.05, 3.63) is 109 Å². The van der Waals surface area contributed by atoms with Gasteiger partial charge in [-0.25, -0.2) is 4.57 Å².